The summed E-state index contributed by atoms with van der Waals surface area (Å²) in [7, 11) is 0. The summed E-state index contributed by atoms with van der Waals surface area (Å²) in [6.45, 7) is 33.9. The molecule has 8 aromatic rings. The molecular weight excluding hydrogens is 808 g/mol. The van der Waals surface area contributed by atoms with Crippen molar-refractivity contribution in [3.8, 4) is 39.1 Å². The van der Waals surface area contributed by atoms with E-state index in [0.717, 1.165) is 0 Å². The summed E-state index contributed by atoms with van der Waals surface area (Å²) in [5.41, 5.74) is 29.0. The lowest BCUT2D eigenvalue weighted by molar-refractivity contribution is 0.332. The van der Waals surface area contributed by atoms with Crippen molar-refractivity contribution < 1.29 is 0 Å². The zero-order valence-corrected chi connectivity index (χ0v) is 42.4. The van der Waals surface area contributed by atoms with Gasteiger partial charge in [-0.1, -0.05) is 170 Å². The topological polar surface area (TPSA) is 8.17 Å². The van der Waals surface area contributed by atoms with Crippen molar-refractivity contribution in [1.82, 2.24) is 4.57 Å². The Hall–Kier alpha value is -5.80. The molecule has 0 saturated carbocycles. The fourth-order valence-electron chi connectivity index (χ4n) is 14.0. The first-order valence-electron chi connectivity index (χ1n) is 25.2. The molecule has 2 aliphatic heterocycles. The molecule has 7 aromatic carbocycles. The van der Waals surface area contributed by atoms with Gasteiger partial charge in [-0.25, -0.2) is 0 Å². The summed E-state index contributed by atoms with van der Waals surface area (Å²) in [5, 5.41) is 2.85. The minimum Gasteiger partial charge on any atom is -0.376 e. The van der Waals surface area contributed by atoms with Gasteiger partial charge in [-0.3, -0.25) is 0 Å². The Kier molecular flexibility index (Phi) is 7.81. The van der Waals surface area contributed by atoms with E-state index < -0.39 is 0 Å². The SMILES string of the molecule is CC(C)(C)c1ccc(N2B3c4cc(C(C)(C)C)ccc4-n4c5cc6c(cc5c5c7c(c(c3c54)-c3cc4c(cc32)C(C)(C)c2ccccc2-4)-c2ccccc2C7(C)C)C(C)(C)CCC6(C)C)cc1. The van der Waals surface area contributed by atoms with Crippen LogP contribution in [-0.4, -0.2) is 11.4 Å². The monoisotopic (exact) mass is 873 g/mol. The second kappa shape index (κ2) is 12.6. The van der Waals surface area contributed by atoms with Gasteiger partial charge < -0.3 is 9.38 Å². The Morgan fingerprint density at radius 2 is 1.09 bits per heavy atom. The molecule has 0 spiro atoms. The van der Waals surface area contributed by atoms with E-state index >= 15 is 0 Å². The van der Waals surface area contributed by atoms with Gasteiger partial charge in [0, 0.05) is 44.2 Å². The fraction of sp³-hybridized carbons (Fsp3) is 0.344. The Bertz CT molecular complexity index is 3540. The fourth-order valence-corrected chi connectivity index (χ4v) is 14.0. The average Bonchev–Trinajstić information content (AvgIpc) is 3.82. The third kappa shape index (κ3) is 5.19. The zero-order chi connectivity index (χ0) is 46.9. The van der Waals surface area contributed by atoms with Crippen LogP contribution in [0.15, 0.2) is 115 Å². The molecule has 3 heteroatoms. The lowest BCUT2D eigenvalue weighted by Gasteiger charge is -2.44. The van der Waals surface area contributed by atoms with Crippen LogP contribution >= 0.6 is 0 Å². The van der Waals surface area contributed by atoms with E-state index in [-0.39, 0.29) is 39.3 Å². The summed E-state index contributed by atoms with van der Waals surface area (Å²) in [5.74, 6) is 0. The van der Waals surface area contributed by atoms with Gasteiger partial charge in [-0.05, 0) is 160 Å². The zero-order valence-electron chi connectivity index (χ0n) is 42.4. The Morgan fingerprint density at radius 1 is 0.493 bits per heavy atom. The predicted molar refractivity (Wildman–Crippen MR) is 288 cm³/mol. The minimum atomic E-state index is -0.234. The Morgan fingerprint density at radius 3 is 1.75 bits per heavy atom. The molecule has 0 atom stereocenters. The van der Waals surface area contributed by atoms with Gasteiger partial charge in [0.15, 0.2) is 0 Å². The van der Waals surface area contributed by atoms with Crippen molar-refractivity contribution in [2.75, 3.05) is 4.81 Å². The molecule has 2 nitrogen and oxygen atoms in total. The molecule has 0 saturated heterocycles. The first-order valence-corrected chi connectivity index (χ1v) is 25.2. The van der Waals surface area contributed by atoms with Gasteiger partial charge in [-0.15, -0.1) is 0 Å². The molecule has 334 valence electrons. The highest BCUT2D eigenvalue weighted by Gasteiger charge is 2.51. The second-order valence-electron chi connectivity index (χ2n) is 25.6. The van der Waals surface area contributed by atoms with Gasteiger partial charge in [-0.2, -0.15) is 0 Å². The van der Waals surface area contributed by atoms with E-state index in [2.05, 4.69) is 222 Å². The van der Waals surface area contributed by atoms with E-state index in [1.54, 1.807) is 0 Å². The van der Waals surface area contributed by atoms with Gasteiger partial charge >= 0.3 is 6.85 Å². The molecule has 0 fully saturated rings. The van der Waals surface area contributed by atoms with Crippen LogP contribution in [0, 0.1) is 0 Å². The summed E-state index contributed by atoms with van der Waals surface area (Å²) in [6.07, 6.45) is 2.37. The molecule has 13 rings (SSSR count). The Balaban J connectivity index is 1.29. The molecule has 0 amide bonds. The van der Waals surface area contributed by atoms with Gasteiger partial charge in [0.1, 0.15) is 0 Å². The van der Waals surface area contributed by atoms with Crippen LogP contribution in [0.3, 0.4) is 0 Å². The maximum absolute atomic E-state index is 2.78. The van der Waals surface area contributed by atoms with E-state index in [0.29, 0.717) is 0 Å². The van der Waals surface area contributed by atoms with Crippen molar-refractivity contribution in [3.63, 3.8) is 0 Å². The molecular formula is C64H65BN2. The van der Waals surface area contributed by atoms with Crippen LogP contribution in [0.4, 0.5) is 11.4 Å². The van der Waals surface area contributed by atoms with E-state index in [4.69, 9.17) is 0 Å². The second-order valence-corrected chi connectivity index (χ2v) is 25.6. The van der Waals surface area contributed by atoms with Crippen molar-refractivity contribution in [3.05, 3.63) is 160 Å². The molecule has 5 aliphatic rings. The number of aromatic nitrogens is 1. The highest BCUT2D eigenvalue weighted by atomic mass is 15.1. The number of fused-ring (bicyclic) bond motifs is 17. The molecule has 0 N–H and O–H groups in total. The molecule has 3 aliphatic carbocycles. The van der Waals surface area contributed by atoms with Gasteiger partial charge in [0.25, 0.3) is 0 Å². The standard InChI is InChI=1S/C64H65BN2/c1-59(2,3)36-23-26-38(27-24-36)67-52-34-46-41(39-19-15-17-21-44(39)63(46,11)12)32-42(52)54-53-40-20-16-18-22-45(40)64(13,14)56(53)55-43-33-47-48(62(9,10)30-29-61(47,7)8)35-51(43)66-50-28-25-37(60(4,5)6)31-49(50)65(67)57(54)58(55)66/h15-28,31-35H,29-30H2,1-14H3. The third-order valence-corrected chi connectivity index (χ3v) is 17.9. The smallest absolute Gasteiger partial charge is 0.333 e. The molecule has 0 bridgehead atoms. The van der Waals surface area contributed by atoms with Crippen molar-refractivity contribution in [1.29, 1.82) is 0 Å². The molecule has 0 unspecified atom stereocenters. The maximum atomic E-state index is 2.78. The predicted octanol–water partition coefficient (Wildman–Crippen LogP) is 15.6. The summed E-state index contributed by atoms with van der Waals surface area (Å²) in [6, 6.07) is 46.4. The first kappa shape index (κ1) is 41.4. The number of benzene rings is 7. The first-order chi connectivity index (χ1) is 31.5. The van der Waals surface area contributed by atoms with Crippen LogP contribution in [0.5, 0.6) is 0 Å². The maximum Gasteiger partial charge on any atom is 0.333 e. The van der Waals surface area contributed by atoms with E-state index in [9.17, 15) is 0 Å². The van der Waals surface area contributed by atoms with Crippen LogP contribution in [0.1, 0.15) is 154 Å². The lowest BCUT2D eigenvalue weighted by Crippen LogP contribution is -2.61. The van der Waals surface area contributed by atoms with Crippen LogP contribution in [0.25, 0.3) is 60.9 Å². The molecule has 0 radical (unpaired) electrons. The number of hydrogen-bond acceptors (Lipinski definition) is 1. The van der Waals surface area contributed by atoms with Crippen LogP contribution in [0.2, 0.25) is 0 Å². The summed E-state index contributed by atoms with van der Waals surface area (Å²) >= 11 is 0. The highest BCUT2D eigenvalue weighted by molar-refractivity contribution is 6.94. The number of nitrogens with zero attached hydrogens (tertiary/aromatic N) is 2. The molecule has 67 heavy (non-hydrogen) atoms. The Labute approximate surface area is 399 Å². The average molecular weight is 873 g/mol. The van der Waals surface area contributed by atoms with E-state index in [1.165, 1.54) is 141 Å². The largest absolute Gasteiger partial charge is 0.376 e. The van der Waals surface area contributed by atoms with E-state index in [1.807, 2.05) is 0 Å². The molecule has 1 aromatic heterocycles. The third-order valence-electron chi connectivity index (χ3n) is 17.9. The highest BCUT2D eigenvalue weighted by Crippen LogP contribution is 2.61. The molecule has 3 heterocycles. The minimum absolute atomic E-state index is 0.0375. The number of hydrogen-bond donors (Lipinski definition) is 0. The summed E-state index contributed by atoms with van der Waals surface area (Å²) in [4.78, 5) is 2.78. The lowest BCUT2D eigenvalue weighted by atomic mass is 9.43. The van der Waals surface area contributed by atoms with Gasteiger partial charge in [0.05, 0.1) is 11.0 Å². The van der Waals surface area contributed by atoms with Crippen LogP contribution in [-0.2, 0) is 32.5 Å². The normalized spacial score (nSPS) is 18.3. The van der Waals surface area contributed by atoms with Crippen molar-refractivity contribution in [2.45, 2.75) is 142 Å². The van der Waals surface area contributed by atoms with Crippen molar-refractivity contribution in [2.24, 2.45) is 0 Å². The van der Waals surface area contributed by atoms with Gasteiger partial charge in [0.2, 0.25) is 0 Å². The summed E-state index contributed by atoms with van der Waals surface area (Å²) < 4.78 is 2.76. The quantitative estimate of drug-likeness (QED) is 0.149. The number of anilines is 2. The van der Waals surface area contributed by atoms with Crippen LogP contribution < -0.4 is 15.7 Å². The number of rotatable bonds is 1. The van der Waals surface area contributed by atoms with Crippen molar-refractivity contribution >= 4 is 51.0 Å².